The molecule has 2 rings (SSSR count). The molecule has 0 atom stereocenters. The summed E-state index contributed by atoms with van der Waals surface area (Å²) in [5.74, 6) is 0.488. The monoisotopic (exact) mass is 461 g/mol. The lowest BCUT2D eigenvalue weighted by Gasteiger charge is -2.13. The van der Waals surface area contributed by atoms with Crippen LogP contribution >= 0.6 is 24.0 Å². The van der Waals surface area contributed by atoms with Crippen molar-refractivity contribution >= 4 is 46.7 Å². The Balaban J connectivity index is 0.00000312. The zero-order chi connectivity index (χ0) is 17.5. The second kappa shape index (κ2) is 10.2. The van der Waals surface area contributed by atoms with E-state index in [1.807, 2.05) is 6.20 Å². The average Bonchev–Trinajstić information content (AvgIpc) is 2.95. The first-order valence-corrected chi connectivity index (χ1v) is 7.91. The number of aromatic nitrogens is 1. The van der Waals surface area contributed by atoms with Gasteiger partial charge in [-0.05, 0) is 30.2 Å². The lowest BCUT2D eigenvalue weighted by Crippen LogP contribution is -2.40. The normalized spacial score (nSPS) is 11.1. The van der Waals surface area contributed by atoms with E-state index in [-0.39, 0.29) is 35.7 Å². The molecular weight excluding hydrogens is 436 g/mol. The van der Waals surface area contributed by atoms with Crippen molar-refractivity contribution in [3.63, 3.8) is 0 Å². The number of fused-ring (bicyclic) bond motifs is 1. The Morgan fingerprint density at radius 3 is 2.68 bits per heavy atom. The number of H-pyrrole nitrogens is 1. The van der Waals surface area contributed by atoms with E-state index in [0.717, 1.165) is 22.9 Å². The van der Waals surface area contributed by atoms with Crippen LogP contribution in [0, 0.1) is 5.82 Å². The van der Waals surface area contributed by atoms with Crippen LogP contribution < -0.4 is 10.6 Å². The van der Waals surface area contributed by atoms with E-state index in [1.54, 1.807) is 32.1 Å². The summed E-state index contributed by atoms with van der Waals surface area (Å²) in [5.41, 5.74) is 1.92. The highest BCUT2D eigenvalue weighted by Gasteiger charge is 2.06. The van der Waals surface area contributed by atoms with Crippen molar-refractivity contribution in [1.82, 2.24) is 20.5 Å². The molecule has 138 valence electrons. The Kier molecular flexibility index (Phi) is 8.67. The average molecular weight is 461 g/mol. The predicted molar refractivity (Wildman–Crippen MR) is 110 cm³/mol. The maximum atomic E-state index is 13.2. The number of guanidine groups is 1. The molecule has 0 aliphatic carbocycles. The molecule has 0 saturated heterocycles. The molecule has 6 nitrogen and oxygen atoms in total. The molecular formula is C17H25FIN5O. The molecule has 1 aromatic heterocycles. The lowest BCUT2D eigenvalue weighted by atomic mass is 10.1. The zero-order valence-corrected chi connectivity index (χ0v) is 17.1. The molecule has 0 unspecified atom stereocenters. The second-order valence-electron chi connectivity index (χ2n) is 5.72. The van der Waals surface area contributed by atoms with E-state index in [2.05, 4.69) is 20.6 Å². The van der Waals surface area contributed by atoms with E-state index in [0.29, 0.717) is 25.5 Å². The summed E-state index contributed by atoms with van der Waals surface area (Å²) in [7, 11) is 5.17. The number of rotatable bonds is 6. The Bertz CT molecular complexity index is 729. The van der Waals surface area contributed by atoms with Crippen LogP contribution in [-0.2, 0) is 11.2 Å². The second-order valence-corrected chi connectivity index (χ2v) is 5.72. The summed E-state index contributed by atoms with van der Waals surface area (Å²) in [6.45, 7) is 1.22. The molecule has 0 fully saturated rings. The Morgan fingerprint density at radius 2 is 2.00 bits per heavy atom. The third kappa shape index (κ3) is 6.18. The maximum absolute atomic E-state index is 13.2. The minimum absolute atomic E-state index is 0. The van der Waals surface area contributed by atoms with Gasteiger partial charge in [0.25, 0.3) is 0 Å². The molecule has 0 spiro atoms. The molecule has 8 heteroatoms. The summed E-state index contributed by atoms with van der Waals surface area (Å²) in [6.07, 6.45) is 3.10. The minimum Gasteiger partial charge on any atom is -0.361 e. The van der Waals surface area contributed by atoms with Crippen LogP contribution in [0.25, 0.3) is 10.9 Å². The molecule has 3 N–H and O–H groups in total. The first-order chi connectivity index (χ1) is 11.5. The third-order valence-electron chi connectivity index (χ3n) is 3.77. The number of carbonyl (C=O) groups is 1. The van der Waals surface area contributed by atoms with Crippen LogP contribution in [0.1, 0.15) is 12.0 Å². The van der Waals surface area contributed by atoms with E-state index in [9.17, 15) is 9.18 Å². The third-order valence-corrected chi connectivity index (χ3v) is 3.77. The molecule has 1 amide bonds. The van der Waals surface area contributed by atoms with Gasteiger partial charge in [0, 0.05) is 57.8 Å². The molecule has 0 radical (unpaired) electrons. The van der Waals surface area contributed by atoms with Crippen molar-refractivity contribution in [2.75, 3.05) is 34.2 Å². The van der Waals surface area contributed by atoms with Crippen LogP contribution in [-0.4, -0.2) is 56.0 Å². The summed E-state index contributed by atoms with van der Waals surface area (Å²) >= 11 is 0. The summed E-state index contributed by atoms with van der Waals surface area (Å²) in [5, 5.41) is 7.35. The van der Waals surface area contributed by atoms with E-state index in [4.69, 9.17) is 0 Å². The van der Waals surface area contributed by atoms with Gasteiger partial charge in [-0.3, -0.25) is 9.79 Å². The van der Waals surface area contributed by atoms with Gasteiger partial charge in [0.2, 0.25) is 5.91 Å². The largest absolute Gasteiger partial charge is 0.361 e. The highest BCUT2D eigenvalue weighted by atomic mass is 127. The quantitative estimate of drug-likeness (QED) is 0.351. The highest BCUT2D eigenvalue weighted by Crippen LogP contribution is 2.19. The van der Waals surface area contributed by atoms with Crippen LogP contribution in [0.4, 0.5) is 4.39 Å². The van der Waals surface area contributed by atoms with Gasteiger partial charge in [0.1, 0.15) is 5.82 Å². The fourth-order valence-electron chi connectivity index (χ4n) is 2.41. The van der Waals surface area contributed by atoms with E-state index >= 15 is 0 Å². The molecule has 1 heterocycles. The Labute approximate surface area is 164 Å². The van der Waals surface area contributed by atoms with Crippen molar-refractivity contribution in [1.29, 1.82) is 0 Å². The molecule has 0 saturated carbocycles. The number of nitrogens with one attached hydrogen (secondary N) is 3. The topological polar surface area (TPSA) is 72.5 Å². The minimum atomic E-state index is -0.245. The van der Waals surface area contributed by atoms with Crippen molar-refractivity contribution in [3.8, 4) is 0 Å². The van der Waals surface area contributed by atoms with Crippen LogP contribution in [0.3, 0.4) is 0 Å². The molecule has 0 aliphatic heterocycles. The van der Waals surface area contributed by atoms with Crippen molar-refractivity contribution in [2.45, 2.75) is 12.8 Å². The molecule has 0 aliphatic rings. The van der Waals surface area contributed by atoms with Crippen molar-refractivity contribution in [3.05, 3.63) is 35.8 Å². The van der Waals surface area contributed by atoms with Crippen molar-refractivity contribution in [2.24, 2.45) is 4.99 Å². The number of hydrogen-bond donors (Lipinski definition) is 3. The number of aliphatic imine (C=N–C) groups is 1. The van der Waals surface area contributed by atoms with Gasteiger partial charge >= 0.3 is 0 Å². The predicted octanol–water partition coefficient (Wildman–Crippen LogP) is 2.11. The highest BCUT2D eigenvalue weighted by molar-refractivity contribution is 14.0. The number of halogens is 2. The Hall–Kier alpha value is -1.84. The van der Waals surface area contributed by atoms with Crippen LogP contribution in [0.5, 0.6) is 0 Å². The van der Waals surface area contributed by atoms with Gasteiger partial charge < -0.3 is 20.5 Å². The smallest absolute Gasteiger partial charge is 0.223 e. The summed E-state index contributed by atoms with van der Waals surface area (Å²) in [4.78, 5) is 20.3. The van der Waals surface area contributed by atoms with Gasteiger partial charge in [0.15, 0.2) is 5.96 Å². The first kappa shape index (κ1) is 21.2. The van der Waals surface area contributed by atoms with Gasteiger partial charge in [0.05, 0.1) is 0 Å². The number of carbonyl (C=O) groups excluding carboxylic acids is 1. The zero-order valence-electron chi connectivity index (χ0n) is 14.7. The van der Waals surface area contributed by atoms with Crippen LogP contribution in [0.15, 0.2) is 29.4 Å². The number of hydrogen-bond acceptors (Lipinski definition) is 2. The standard InChI is InChI=1S/C17H24FN5O.HI/c1-19-17(21-9-7-16(24)23(2)3)20-8-6-12-11-22-15-10-13(18)4-5-14(12)15;/h4-5,10-11,22H,6-9H2,1-3H3,(H2,19,20,21);1H. The fraction of sp³-hybridized carbons (Fsp3) is 0.412. The van der Waals surface area contributed by atoms with Gasteiger partial charge in [-0.1, -0.05) is 0 Å². The fourth-order valence-corrected chi connectivity index (χ4v) is 2.41. The molecule has 0 bridgehead atoms. The molecule has 25 heavy (non-hydrogen) atoms. The number of amides is 1. The molecule has 2 aromatic rings. The maximum Gasteiger partial charge on any atom is 0.223 e. The summed E-state index contributed by atoms with van der Waals surface area (Å²) < 4.78 is 13.2. The van der Waals surface area contributed by atoms with Gasteiger partial charge in [-0.15, -0.1) is 24.0 Å². The number of benzene rings is 1. The Morgan fingerprint density at radius 1 is 1.28 bits per heavy atom. The van der Waals surface area contributed by atoms with E-state index in [1.165, 1.54) is 12.1 Å². The number of nitrogens with zero attached hydrogens (tertiary/aromatic N) is 2. The van der Waals surface area contributed by atoms with Crippen molar-refractivity contribution < 1.29 is 9.18 Å². The first-order valence-electron chi connectivity index (χ1n) is 7.91. The van der Waals surface area contributed by atoms with Gasteiger partial charge in [-0.2, -0.15) is 0 Å². The lowest BCUT2D eigenvalue weighted by molar-refractivity contribution is -0.128. The molecule has 1 aromatic carbocycles. The van der Waals surface area contributed by atoms with E-state index < -0.39 is 0 Å². The van der Waals surface area contributed by atoms with Crippen LogP contribution in [0.2, 0.25) is 0 Å². The van der Waals surface area contributed by atoms with Gasteiger partial charge in [-0.25, -0.2) is 4.39 Å². The summed E-state index contributed by atoms with van der Waals surface area (Å²) in [6, 6.07) is 4.75. The SMILES string of the molecule is CN=C(NCCC(=O)N(C)C)NCCc1c[nH]c2cc(F)ccc12.I. The number of aromatic amines is 1.